The number of hydrogen-bond acceptors (Lipinski definition) is 3. The summed E-state index contributed by atoms with van der Waals surface area (Å²) in [5.41, 5.74) is 2.60. The van der Waals surface area contributed by atoms with Crippen LogP contribution in [0.1, 0.15) is 307 Å². The van der Waals surface area contributed by atoms with Gasteiger partial charge in [-0.1, -0.05) is 308 Å². The first-order valence-corrected chi connectivity index (χ1v) is 28.8. The van der Waals surface area contributed by atoms with Gasteiger partial charge in [-0.3, -0.25) is 0 Å². The molecule has 0 saturated heterocycles. The smallest absolute Gasteiger partial charge is 0.395 e. The van der Waals surface area contributed by atoms with Gasteiger partial charge in [0.25, 0.3) is 0 Å². The summed E-state index contributed by atoms with van der Waals surface area (Å²) < 4.78 is 10.9. The molecule has 0 aliphatic carbocycles. The van der Waals surface area contributed by atoms with Gasteiger partial charge < -0.3 is 9.47 Å². The predicted molar refractivity (Wildman–Crippen MR) is 281 cm³/mol. The van der Waals surface area contributed by atoms with E-state index in [2.05, 4.69) is 38.1 Å². The molecule has 0 bridgehead atoms. The molecule has 368 valence electrons. The number of carbonyl (C=O) groups is 1. The third-order valence-corrected chi connectivity index (χ3v) is 13.9. The van der Waals surface area contributed by atoms with E-state index >= 15 is 0 Å². The largest absolute Gasteiger partial charge is 0.519 e. The molecule has 0 aliphatic heterocycles. The first-order valence-electron chi connectivity index (χ1n) is 28.8. The number of ether oxygens (including phenoxy) is 2. The van der Waals surface area contributed by atoms with Crippen molar-refractivity contribution < 1.29 is 14.3 Å². The van der Waals surface area contributed by atoms with Crippen molar-refractivity contribution in [3.8, 4) is 11.5 Å². The van der Waals surface area contributed by atoms with Crippen LogP contribution in [0, 0.1) is 0 Å². The molecule has 0 radical (unpaired) electrons. The van der Waals surface area contributed by atoms with Crippen LogP contribution in [0.2, 0.25) is 0 Å². The lowest BCUT2D eigenvalue weighted by Gasteiger charge is -2.08. The molecule has 3 heteroatoms. The SMILES string of the molecule is CCCCCCCCCCCCCCCCCCCCCCCCc1ccc(OC(=O)Oc2ccc(CCCCCCCCCCCCCCCCCCCCCCCC)cc2)cc1. The van der Waals surface area contributed by atoms with Gasteiger partial charge in [-0.05, 0) is 61.1 Å². The highest BCUT2D eigenvalue weighted by atomic mass is 16.7. The number of benzene rings is 2. The molecule has 0 unspecified atom stereocenters. The summed E-state index contributed by atoms with van der Waals surface area (Å²) in [7, 11) is 0. The highest BCUT2D eigenvalue weighted by Crippen LogP contribution is 2.21. The van der Waals surface area contributed by atoms with E-state index in [-0.39, 0.29) is 0 Å². The van der Waals surface area contributed by atoms with Gasteiger partial charge in [0.05, 0.1) is 0 Å². The Hall–Kier alpha value is -2.29. The minimum Gasteiger partial charge on any atom is -0.395 e. The van der Waals surface area contributed by atoms with Crippen LogP contribution in [0.4, 0.5) is 4.79 Å². The van der Waals surface area contributed by atoms with Gasteiger partial charge in [0.15, 0.2) is 0 Å². The lowest BCUT2D eigenvalue weighted by Crippen LogP contribution is -2.13. The Morgan fingerprint density at radius 3 is 0.625 bits per heavy atom. The molecule has 0 N–H and O–H groups in total. The lowest BCUT2D eigenvalue weighted by molar-refractivity contribution is 0.152. The molecule has 0 amide bonds. The topological polar surface area (TPSA) is 35.5 Å². The summed E-state index contributed by atoms with van der Waals surface area (Å²) in [5.74, 6) is 1.06. The summed E-state index contributed by atoms with van der Waals surface area (Å²) in [6.07, 6.45) is 63.8. The molecule has 0 saturated carbocycles. The fourth-order valence-corrected chi connectivity index (χ4v) is 9.54. The minimum absolute atomic E-state index is 0.532. The minimum atomic E-state index is -0.681. The highest BCUT2D eigenvalue weighted by molar-refractivity contribution is 5.67. The van der Waals surface area contributed by atoms with E-state index in [1.54, 1.807) is 0 Å². The monoisotopic (exact) mass is 887 g/mol. The standard InChI is InChI=1S/C61H106O3/c1-3-5-7-9-11-13-15-17-19-21-23-25-27-29-31-33-35-37-39-41-43-45-47-57-49-53-59(54-50-57)63-61(62)64-60-55-51-58(52-56-60)48-46-44-42-40-38-36-34-32-30-28-26-24-22-20-18-16-14-12-10-8-6-4-2/h49-56H,3-48H2,1-2H3. The fraction of sp³-hybridized carbons (Fsp3) is 0.787. The Bertz CT molecular complexity index is 1140. The number of aryl methyl sites for hydroxylation is 2. The van der Waals surface area contributed by atoms with Crippen LogP contribution >= 0.6 is 0 Å². The van der Waals surface area contributed by atoms with E-state index in [1.165, 1.54) is 294 Å². The summed E-state index contributed by atoms with van der Waals surface area (Å²) >= 11 is 0. The summed E-state index contributed by atoms with van der Waals surface area (Å²) in [5, 5.41) is 0. The van der Waals surface area contributed by atoms with Gasteiger partial charge in [0.2, 0.25) is 0 Å². The van der Waals surface area contributed by atoms with Crippen LogP contribution in [0.5, 0.6) is 11.5 Å². The zero-order chi connectivity index (χ0) is 45.5. The van der Waals surface area contributed by atoms with Crippen molar-refractivity contribution in [1.29, 1.82) is 0 Å². The zero-order valence-electron chi connectivity index (χ0n) is 42.9. The zero-order valence-corrected chi connectivity index (χ0v) is 42.9. The first kappa shape index (κ1) is 57.8. The van der Waals surface area contributed by atoms with E-state index in [0.29, 0.717) is 11.5 Å². The highest BCUT2D eigenvalue weighted by Gasteiger charge is 2.09. The molecule has 64 heavy (non-hydrogen) atoms. The van der Waals surface area contributed by atoms with Gasteiger partial charge in [-0.15, -0.1) is 0 Å². The third kappa shape index (κ3) is 37.9. The Labute approximate surface area is 399 Å². The molecule has 0 aliphatic rings. The summed E-state index contributed by atoms with van der Waals surface area (Å²) in [6, 6.07) is 15.9. The maximum Gasteiger partial charge on any atom is 0.519 e. The van der Waals surface area contributed by atoms with E-state index in [9.17, 15) is 4.79 Å². The van der Waals surface area contributed by atoms with Crippen molar-refractivity contribution in [3.05, 3.63) is 59.7 Å². The Morgan fingerprint density at radius 2 is 0.438 bits per heavy atom. The first-order chi connectivity index (χ1) is 31.7. The summed E-state index contributed by atoms with van der Waals surface area (Å²) in [4.78, 5) is 12.5. The molecule has 0 atom stereocenters. The van der Waals surface area contributed by atoms with E-state index in [0.717, 1.165) is 12.8 Å². The van der Waals surface area contributed by atoms with Crippen LogP contribution in [0.15, 0.2) is 48.5 Å². The summed E-state index contributed by atoms with van der Waals surface area (Å²) in [6.45, 7) is 4.60. The third-order valence-electron chi connectivity index (χ3n) is 13.9. The van der Waals surface area contributed by atoms with Gasteiger partial charge in [0, 0.05) is 0 Å². The van der Waals surface area contributed by atoms with Crippen LogP contribution in [0.25, 0.3) is 0 Å². The quantitative estimate of drug-likeness (QED) is 0.0377. The molecule has 0 aromatic heterocycles. The van der Waals surface area contributed by atoms with E-state index in [1.807, 2.05) is 24.3 Å². The number of rotatable bonds is 48. The molecule has 2 aromatic rings. The van der Waals surface area contributed by atoms with Crippen LogP contribution in [-0.2, 0) is 12.8 Å². The molecule has 0 fully saturated rings. The van der Waals surface area contributed by atoms with Crippen molar-refractivity contribution in [2.24, 2.45) is 0 Å². The Morgan fingerprint density at radius 1 is 0.266 bits per heavy atom. The van der Waals surface area contributed by atoms with Gasteiger partial charge >= 0.3 is 6.16 Å². The van der Waals surface area contributed by atoms with Crippen molar-refractivity contribution in [2.45, 2.75) is 309 Å². The maximum absolute atomic E-state index is 12.5. The number of hydrogen-bond donors (Lipinski definition) is 0. The molecule has 2 rings (SSSR count). The van der Waals surface area contributed by atoms with E-state index in [4.69, 9.17) is 9.47 Å². The van der Waals surface area contributed by atoms with Crippen LogP contribution < -0.4 is 9.47 Å². The van der Waals surface area contributed by atoms with Gasteiger partial charge in [-0.25, -0.2) is 4.79 Å². The van der Waals surface area contributed by atoms with Crippen molar-refractivity contribution >= 4 is 6.16 Å². The normalized spacial score (nSPS) is 11.4. The Kier molecular flexibility index (Phi) is 41.4. The molecular weight excluding hydrogens is 781 g/mol. The molecule has 3 nitrogen and oxygen atoms in total. The van der Waals surface area contributed by atoms with Crippen molar-refractivity contribution in [2.75, 3.05) is 0 Å². The molecule has 0 heterocycles. The van der Waals surface area contributed by atoms with Crippen LogP contribution in [0.3, 0.4) is 0 Å². The second-order valence-electron chi connectivity index (χ2n) is 20.1. The number of carbonyl (C=O) groups excluding carboxylic acids is 1. The molecule has 2 aromatic carbocycles. The lowest BCUT2D eigenvalue weighted by atomic mass is 10.0. The Balaban J connectivity index is 1.33. The fourth-order valence-electron chi connectivity index (χ4n) is 9.54. The predicted octanol–water partition coefficient (Wildman–Crippen LogP) is 21.6. The average Bonchev–Trinajstić information content (AvgIpc) is 3.30. The second kappa shape index (κ2) is 45.8. The second-order valence-corrected chi connectivity index (χ2v) is 20.1. The maximum atomic E-state index is 12.5. The van der Waals surface area contributed by atoms with Crippen molar-refractivity contribution in [3.63, 3.8) is 0 Å². The van der Waals surface area contributed by atoms with Crippen molar-refractivity contribution in [1.82, 2.24) is 0 Å². The average molecular weight is 888 g/mol. The molecular formula is C61H106O3. The van der Waals surface area contributed by atoms with Gasteiger partial charge in [-0.2, -0.15) is 0 Å². The number of unbranched alkanes of at least 4 members (excludes halogenated alkanes) is 42. The molecule has 0 spiro atoms. The van der Waals surface area contributed by atoms with Gasteiger partial charge in [0.1, 0.15) is 11.5 Å². The van der Waals surface area contributed by atoms with E-state index < -0.39 is 6.16 Å². The van der Waals surface area contributed by atoms with Crippen LogP contribution in [-0.4, -0.2) is 6.16 Å².